The Labute approximate surface area is 229 Å². The molecule has 1 unspecified atom stereocenters. The minimum Gasteiger partial charge on any atom is -0.396 e. The number of carbonyl (C=O) groups is 1. The van der Waals surface area contributed by atoms with Crippen LogP contribution in [0.1, 0.15) is 50.6 Å². The lowest BCUT2D eigenvalue weighted by molar-refractivity contribution is 0.135. The first-order chi connectivity index (χ1) is 19.0. The number of halogens is 1. The number of anilines is 1. The number of carbonyl (C=O) groups excluding carboxylic acids is 1. The van der Waals surface area contributed by atoms with Gasteiger partial charge in [0.2, 0.25) is 0 Å². The van der Waals surface area contributed by atoms with Crippen molar-refractivity contribution in [2.24, 2.45) is 17.8 Å². The molecule has 0 bridgehead atoms. The van der Waals surface area contributed by atoms with Crippen LogP contribution in [0.15, 0.2) is 89.3 Å². The van der Waals surface area contributed by atoms with Crippen LogP contribution in [0.5, 0.6) is 0 Å². The summed E-state index contributed by atoms with van der Waals surface area (Å²) in [5, 5.41) is 14.9. The highest BCUT2D eigenvalue weighted by atomic mass is 19.1. The molecule has 1 fully saturated rings. The van der Waals surface area contributed by atoms with E-state index in [1.54, 1.807) is 12.1 Å². The number of piperidine rings is 1. The maximum absolute atomic E-state index is 13.5. The largest absolute Gasteiger partial charge is 0.396 e. The van der Waals surface area contributed by atoms with Crippen LogP contribution in [-0.4, -0.2) is 35.7 Å². The van der Waals surface area contributed by atoms with Crippen LogP contribution in [0.25, 0.3) is 0 Å². The Morgan fingerprint density at radius 1 is 1.10 bits per heavy atom. The van der Waals surface area contributed by atoms with E-state index in [2.05, 4.69) is 42.1 Å². The molecule has 0 aromatic heterocycles. The number of hydrogen-bond acceptors (Lipinski definition) is 4. The number of nitrogens with zero attached hydrogens (tertiary/aromatic N) is 2. The van der Waals surface area contributed by atoms with Crippen molar-refractivity contribution < 1.29 is 14.3 Å². The molecule has 3 atom stereocenters. The van der Waals surface area contributed by atoms with Gasteiger partial charge < -0.3 is 20.7 Å². The average molecular weight is 529 g/mol. The average Bonchev–Trinajstić information content (AvgIpc) is 3.58. The van der Waals surface area contributed by atoms with E-state index in [4.69, 9.17) is 0 Å². The van der Waals surface area contributed by atoms with Crippen LogP contribution in [0, 0.1) is 23.6 Å². The molecule has 6 nitrogen and oxygen atoms in total. The van der Waals surface area contributed by atoms with Crippen LogP contribution in [0.4, 0.5) is 14.9 Å². The number of aliphatic hydroxyl groups excluding tert-OH is 1. The molecule has 39 heavy (non-hydrogen) atoms. The maximum Gasteiger partial charge on any atom is 0.317 e. The fourth-order valence-corrected chi connectivity index (χ4v) is 6.77. The fraction of sp³-hybridized carbons (Fsp3) is 0.406. The molecule has 0 radical (unpaired) electrons. The normalized spacial score (nSPS) is 23.6. The molecular weight excluding hydrogens is 491 g/mol. The van der Waals surface area contributed by atoms with Crippen LogP contribution in [0.3, 0.4) is 0 Å². The first-order valence-corrected chi connectivity index (χ1v) is 14.2. The van der Waals surface area contributed by atoms with E-state index in [1.165, 1.54) is 28.9 Å². The van der Waals surface area contributed by atoms with Crippen LogP contribution < -0.4 is 15.8 Å². The lowest BCUT2D eigenvalue weighted by atomic mass is 9.78. The molecule has 3 N–H and O–H groups in total. The minimum absolute atomic E-state index is 0.0102. The van der Waals surface area contributed by atoms with E-state index in [0.717, 1.165) is 49.1 Å². The number of amides is 2. The third-order valence-corrected chi connectivity index (χ3v) is 8.97. The summed E-state index contributed by atoms with van der Waals surface area (Å²) in [5.41, 5.74) is 10.7. The van der Waals surface area contributed by atoms with Gasteiger partial charge in [0, 0.05) is 37.4 Å². The summed E-state index contributed by atoms with van der Waals surface area (Å²) in [4.78, 5) is 15.2. The van der Waals surface area contributed by atoms with Crippen LogP contribution >= 0.6 is 0 Å². The summed E-state index contributed by atoms with van der Waals surface area (Å²) < 4.78 is 13.5. The summed E-state index contributed by atoms with van der Waals surface area (Å²) in [6.07, 6.45) is 9.01. The molecule has 2 aliphatic carbocycles. The zero-order valence-corrected chi connectivity index (χ0v) is 22.4. The molecule has 2 heterocycles. The topological polar surface area (TPSA) is 67.8 Å². The summed E-state index contributed by atoms with van der Waals surface area (Å²) >= 11 is 0. The standard InChI is InChI=1S/C32H37FN4O2/c1-21-28-19-34-37(27-11-9-26(33)10-12-27)30(28)18-25-8-7-24(31(21)25)17-29(23-5-3-2-4-6-23)35-32(39)36-15-13-22(20-38)14-16-36/h2-6,9-12,18-19,21-22,24,29,34,38H,7-8,13-17,20H2,1H3,(H,35,39)/t21-,24+,29?/m0/s1. The molecule has 7 heteroatoms. The quantitative estimate of drug-likeness (QED) is 0.442. The Hall–Kier alpha value is -3.58. The summed E-state index contributed by atoms with van der Waals surface area (Å²) in [6.45, 7) is 3.86. The zero-order chi connectivity index (χ0) is 26.9. The van der Waals surface area contributed by atoms with Gasteiger partial charge in [0.1, 0.15) is 5.82 Å². The van der Waals surface area contributed by atoms with E-state index in [9.17, 15) is 14.3 Å². The number of aliphatic hydroxyl groups is 1. The number of rotatable bonds is 6. The molecule has 6 rings (SSSR count). The van der Waals surface area contributed by atoms with Crippen LogP contribution in [-0.2, 0) is 0 Å². The molecule has 204 valence electrons. The number of likely N-dealkylation sites (tertiary alicyclic amines) is 1. The first kappa shape index (κ1) is 25.7. The Kier molecular flexibility index (Phi) is 7.17. The second-order valence-electron chi connectivity index (χ2n) is 11.3. The number of hydrazine groups is 1. The van der Waals surface area contributed by atoms with E-state index in [-0.39, 0.29) is 30.4 Å². The van der Waals surface area contributed by atoms with Gasteiger partial charge in [-0.1, -0.05) is 42.8 Å². The van der Waals surface area contributed by atoms with E-state index in [1.807, 2.05) is 28.1 Å². The second-order valence-corrected chi connectivity index (χ2v) is 11.3. The number of allylic oxidation sites excluding steroid dienone is 4. The van der Waals surface area contributed by atoms with Gasteiger partial charge in [0.05, 0.1) is 17.4 Å². The number of benzene rings is 2. The highest BCUT2D eigenvalue weighted by Gasteiger charge is 2.39. The Bertz CT molecular complexity index is 1300. The molecule has 2 aliphatic heterocycles. The lowest BCUT2D eigenvalue weighted by Gasteiger charge is -2.34. The van der Waals surface area contributed by atoms with Gasteiger partial charge in [-0.2, -0.15) is 0 Å². The maximum atomic E-state index is 13.5. The summed E-state index contributed by atoms with van der Waals surface area (Å²) in [6, 6.07) is 16.8. The zero-order valence-electron chi connectivity index (χ0n) is 22.4. The van der Waals surface area contributed by atoms with Gasteiger partial charge in [-0.15, -0.1) is 0 Å². The van der Waals surface area contributed by atoms with Gasteiger partial charge in [0.15, 0.2) is 0 Å². The van der Waals surface area contributed by atoms with Crippen molar-refractivity contribution in [2.75, 3.05) is 24.7 Å². The summed E-state index contributed by atoms with van der Waals surface area (Å²) in [5.74, 6) is 0.691. The predicted octanol–water partition coefficient (Wildman–Crippen LogP) is 5.82. The fourth-order valence-electron chi connectivity index (χ4n) is 6.77. The van der Waals surface area contributed by atoms with Gasteiger partial charge in [0.25, 0.3) is 0 Å². The van der Waals surface area contributed by atoms with Crippen molar-refractivity contribution in [3.05, 3.63) is 101 Å². The monoisotopic (exact) mass is 528 g/mol. The number of hydrogen-bond donors (Lipinski definition) is 3. The smallest absolute Gasteiger partial charge is 0.317 e. The van der Waals surface area contributed by atoms with E-state index >= 15 is 0 Å². The molecule has 2 aromatic carbocycles. The third-order valence-electron chi connectivity index (χ3n) is 8.97. The van der Waals surface area contributed by atoms with Crippen molar-refractivity contribution in [2.45, 2.75) is 45.1 Å². The molecule has 2 aromatic rings. The Morgan fingerprint density at radius 3 is 2.56 bits per heavy atom. The van der Waals surface area contributed by atoms with E-state index < -0.39 is 0 Å². The van der Waals surface area contributed by atoms with E-state index in [0.29, 0.717) is 24.9 Å². The molecule has 4 aliphatic rings. The van der Waals surface area contributed by atoms with Crippen LogP contribution in [0.2, 0.25) is 0 Å². The van der Waals surface area contributed by atoms with Gasteiger partial charge in [-0.25, -0.2) is 9.18 Å². The van der Waals surface area contributed by atoms with Crippen molar-refractivity contribution in [1.29, 1.82) is 0 Å². The Morgan fingerprint density at radius 2 is 1.85 bits per heavy atom. The highest BCUT2D eigenvalue weighted by molar-refractivity contribution is 5.75. The molecule has 0 spiro atoms. The number of fused-ring (bicyclic) bond motifs is 1. The van der Waals surface area contributed by atoms with Gasteiger partial charge in [-0.3, -0.25) is 5.01 Å². The molecular formula is C32H37FN4O2. The van der Waals surface area contributed by atoms with Gasteiger partial charge in [-0.05, 0) is 85.4 Å². The van der Waals surface area contributed by atoms with Gasteiger partial charge >= 0.3 is 6.03 Å². The second kappa shape index (κ2) is 10.9. The SMILES string of the molecule is C[C@H]1C2=CNN(c3ccc(F)cc3)C2=CC2=C1[C@@H](CC(NC(=O)N1CCC(CO)CC1)c1ccccc1)CC2. The van der Waals surface area contributed by atoms with Crippen molar-refractivity contribution in [3.8, 4) is 0 Å². The van der Waals surface area contributed by atoms with Crippen molar-refractivity contribution >= 4 is 11.7 Å². The predicted molar refractivity (Wildman–Crippen MR) is 151 cm³/mol. The Balaban J connectivity index is 1.22. The number of nitrogens with one attached hydrogen (secondary N) is 2. The van der Waals surface area contributed by atoms with Crippen molar-refractivity contribution in [1.82, 2.24) is 15.6 Å². The molecule has 1 saturated heterocycles. The minimum atomic E-state index is -0.240. The lowest BCUT2D eigenvalue weighted by Crippen LogP contribution is -2.46. The van der Waals surface area contributed by atoms with Crippen molar-refractivity contribution in [3.63, 3.8) is 0 Å². The number of urea groups is 1. The highest BCUT2D eigenvalue weighted by Crippen LogP contribution is 2.49. The molecule has 2 amide bonds. The third kappa shape index (κ3) is 5.08. The molecule has 0 saturated carbocycles. The first-order valence-electron chi connectivity index (χ1n) is 14.2. The summed E-state index contributed by atoms with van der Waals surface area (Å²) in [7, 11) is 0.